The van der Waals surface area contributed by atoms with E-state index in [0.717, 1.165) is 17.5 Å². The van der Waals surface area contributed by atoms with Crippen molar-refractivity contribution < 1.29 is 18.7 Å². The molecule has 5 nitrogen and oxygen atoms in total. The molecule has 7 heteroatoms. The molecule has 3 aromatic rings. The molecule has 166 valence electrons. The zero-order valence-electron chi connectivity index (χ0n) is 17.8. The molecule has 0 amide bonds. The Labute approximate surface area is 185 Å². The van der Waals surface area contributed by atoms with E-state index in [-0.39, 0.29) is 41.1 Å². The average Bonchev–Trinajstić information content (AvgIpc) is 2.79. The first-order chi connectivity index (χ1) is 15.3. The molecule has 2 heterocycles. The first-order valence-electron chi connectivity index (χ1n) is 10.7. The van der Waals surface area contributed by atoms with Crippen LogP contribution in [0.2, 0.25) is 0 Å². The molecule has 2 aromatic heterocycles. The Morgan fingerprint density at radius 2 is 2.00 bits per heavy atom. The lowest BCUT2D eigenvalue weighted by Gasteiger charge is -2.32. The van der Waals surface area contributed by atoms with Crippen LogP contribution in [0.5, 0.6) is 0 Å². The number of hydrogen-bond acceptors (Lipinski definition) is 5. The highest BCUT2D eigenvalue weighted by molar-refractivity contribution is 5.96. The molecule has 1 saturated carbocycles. The molecule has 0 bridgehead atoms. The summed E-state index contributed by atoms with van der Waals surface area (Å²) in [5, 5.41) is 9.93. The van der Waals surface area contributed by atoms with Crippen LogP contribution in [0.3, 0.4) is 0 Å². The zero-order chi connectivity index (χ0) is 22.8. The third kappa shape index (κ3) is 4.45. The first-order valence-corrected chi connectivity index (χ1v) is 10.7. The second-order valence-electron chi connectivity index (χ2n) is 8.38. The highest BCUT2D eigenvalue weighted by Gasteiger charge is 2.29. The van der Waals surface area contributed by atoms with E-state index in [0.29, 0.717) is 18.4 Å². The molecule has 3 N–H and O–H groups in total. The SMILES string of the molecule is Cc1ccc(F)c(-c2cccc(C(=O)Cc3cnccc3[C@@H]3CC[C@H](O)[C@H](N)C3)n2)c1F. The molecule has 0 aliphatic heterocycles. The number of carbonyl (C=O) groups is 1. The van der Waals surface area contributed by atoms with Gasteiger partial charge < -0.3 is 10.8 Å². The summed E-state index contributed by atoms with van der Waals surface area (Å²) in [6.07, 6.45) is 4.92. The molecule has 1 fully saturated rings. The highest BCUT2D eigenvalue weighted by Crippen LogP contribution is 2.34. The number of halogens is 2. The van der Waals surface area contributed by atoms with Gasteiger partial charge >= 0.3 is 0 Å². The third-order valence-electron chi connectivity index (χ3n) is 6.17. The van der Waals surface area contributed by atoms with Crippen molar-refractivity contribution in [2.45, 2.75) is 50.7 Å². The van der Waals surface area contributed by atoms with E-state index < -0.39 is 17.7 Å². The highest BCUT2D eigenvalue weighted by atomic mass is 19.1. The maximum absolute atomic E-state index is 14.5. The Morgan fingerprint density at radius 3 is 2.78 bits per heavy atom. The number of aliphatic hydroxyl groups excluding tert-OH is 1. The van der Waals surface area contributed by atoms with Crippen LogP contribution in [0.25, 0.3) is 11.3 Å². The van der Waals surface area contributed by atoms with Crippen molar-refractivity contribution >= 4 is 5.78 Å². The van der Waals surface area contributed by atoms with Crippen molar-refractivity contribution in [3.63, 3.8) is 0 Å². The van der Waals surface area contributed by atoms with Crippen molar-refractivity contribution in [2.24, 2.45) is 5.73 Å². The minimum absolute atomic E-state index is 0.0622. The summed E-state index contributed by atoms with van der Waals surface area (Å²) >= 11 is 0. The molecule has 0 unspecified atom stereocenters. The number of aliphatic hydroxyl groups is 1. The Hall–Kier alpha value is -3.03. The number of rotatable bonds is 5. The smallest absolute Gasteiger partial charge is 0.185 e. The van der Waals surface area contributed by atoms with E-state index >= 15 is 0 Å². The maximum Gasteiger partial charge on any atom is 0.185 e. The van der Waals surface area contributed by atoms with Gasteiger partial charge in [-0.25, -0.2) is 13.8 Å². The molecule has 1 aliphatic rings. The fraction of sp³-hybridized carbons (Fsp3) is 0.320. The van der Waals surface area contributed by atoms with E-state index in [4.69, 9.17) is 5.73 Å². The lowest BCUT2D eigenvalue weighted by Crippen LogP contribution is -2.39. The number of Topliss-reactive ketones (excluding diaryl/α,β-unsaturated/α-hetero) is 1. The van der Waals surface area contributed by atoms with Crippen LogP contribution >= 0.6 is 0 Å². The standard InChI is InChI=1S/C25H25F2N3O2/c1-14-5-7-18(26)24(25(14)27)21-4-2-3-20(30-21)23(32)12-16-13-29-10-9-17(16)15-6-8-22(31)19(28)11-15/h2-5,7,9-10,13,15,19,22,31H,6,8,11-12,28H2,1H3/t15-,19-,22+/m1/s1. The molecule has 4 rings (SSSR count). The van der Waals surface area contributed by atoms with Gasteiger partial charge in [0.05, 0.1) is 17.4 Å². The van der Waals surface area contributed by atoms with Crippen LogP contribution in [0, 0.1) is 18.6 Å². The van der Waals surface area contributed by atoms with Crippen LogP contribution in [-0.4, -0.2) is 33.0 Å². The van der Waals surface area contributed by atoms with Gasteiger partial charge in [0.25, 0.3) is 0 Å². The second kappa shape index (κ2) is 9.22. The van der Waals surface area contributed by atoms with Crippen molar-refractivity contribution in [1.82, 2.24) is 9.97 Å². The zero-order valence-corrected chi connectivity index (χ0v) is 17.8. The number of pyridine rings is 2. The Bertz CT molecular complexity index is 1150. The van der Waals surface area contributed by atoms with Crippen molar-refractivity contribution in [2.75, 3.05) is 0 Å². The van der Waals surface area contributed by atoms with Crippen LogP contribution in [-0.2, 0) is 6.42 Å². The number of benzene rings is 1. The van der Waals surface area contributed by atoms with Gasteiger partial charge in [-0.05, 0) is 73.1 Å². The third-order valence-corrected chi connectivity index (χ3v) is 6.17. The summed E-state index contributed by atoms with van der Waals surface area (Å²) in [4.78, 5) is 21.5. The summed E-state index contributed by atoms with van der Waals surface area (Å²) in [5.41, 5.74) is 8.08. The monoisotopic (exact) mass is 437 g/mol. The minimum atomic E-state index is -0.726. The predicted octanol–water partition coefficient (Wildman–Crippen LogP) is 4.11. The number of nitrogens with zero attached hydrogens (tertiary/aromatic N) is 2. The van der Waals surface area contributed by atoms with Gasteiger partial charge in [-0.1, -0.05) is 12.1 Å². The van der Waals surface area contributed by atoms with Crippen LogP contribution in [0.4, 0.5) is 8.78 Å². The second-order valence-corrected chi connectivity index (χ2v) is 8.38. The number of carbonyl (C=O) groups excluding carboxylic acids is 1. The van der Waals surface area contributed by atoms with Crippen LogP contribution < -0.4 is 5.73 Å². The van der Waals surface area contributed by atoms with Gasteiger partial charge in [-0.3, -0.25) is 9.78 Å². The van der Waals surface area contributed by atoms with E-state index in [1.807, 2.05) is 6.07 Å². The number of nitrogens with two attached hydrogens (primary N) is 1. The van der Waals surface area contributed by atoms with E-state index in [2.05, 4.69) is 9.97 Å². The normalized spacial score (nSPS) is 20.8. The first kappa shape index (κ1) is 22.2. The van der Waals surface area contributed by atoms with Crippen LogP contribution in [0.15, 0.2) is 48.8 Å². The fourth-order valence-corrected chi connectivity index (χ4v) is 4.34. The van der Waals surface area contributed by atoms with Gasteiger partial charge in [0.1, 0.15) is 17.3 Å². The van der Waals surface area contributed by atoms with Gasteiger partial charge in [0, 0.05) is 24.9 Å². The van der Waals surface area contributed by atoms with Gasteiger partial charge in [-0.2, -0.15) is 0 Å². The molecular formula is C25H25F2N3O2. The molecule has 0 spiro atoms. The number of hydrogen-bond donors (Lipinski definition) is 2. The lowest BCUT2D eigenvalue weighted by atomic mass is 9.78. The Kier molecular flexibility index (Phi) is 6.39. The summed E-state index contributed by atoms with van der Waals surface area (Å²) in [6, 6.07) is 8.74. The summed E-state index contributed by atoms with van der Waals surface area (Å²) < 4.78 is 28.9. The fourth-order valence-electron chi connectivity index (χ4n) is 4.34. The number of aromatic nitrogens is 2. The Balaban J connectivity index is 1.60. The molecule has 3 atom stereocenters. The summed E-state index contributed by atoms with van der Waals surface area (Å²) in [6.45, 7) is 1.55. The lowest BCUT2D eigenvalue weighted by molar-refractivity contribution is 0.0977. The Morgan fingerprint density at radius 1 is 1.19 bits per heavy atom. The largest absolute Gasteiger partial charge is 0.392 e. The topological polar surface area (TPSA) is 89.1 Å². The van der Waals surface area contributed by atoms with Crippen molar-refractivity contribution in [3.05, 3.63) is 82.8 Å². The quantitative estimate of drug-likeness (QED) is 0.587. The van der Waals surface area contributed by atoms with Crippen LogP contribution in [0.1, 0.15) is 52.4 Å². The maximum atomic E-state index is 14.5. The van der Waals surface area contributed by atoms with Gasteiger partial charge in [0.15, 0.2) is 5.78 Å². The summed E-state index contributed by atoms with van der Waals surface area (Å²) in [7, 11) is 0. The van der Waals surface area contributed by atoms with E-state index in [1.54, 1.807) is 31.5 Å². The van der Waals surface area contributed by atoms with E-state index in [9.17, 15) is 18.7 Å². The molecule has 0 saturated heterocycles. The molecular weight excluding hydrogens is 412 g/mol. The predicted molar refractivity (Wildman–Crippen MR) is 117 cm³/mol. The van der Waals surface area contributed by atoms with Gasteiger partial charge in [0.2, 0.25) is 0 Å². The molecule has 1 aromatic carbocycles. The molecule has 1 aliphatic carbocycles. The number of ketones is 1. The molecule has 32 heavy (non-hydrogen) atoms. The van der Waals surface area contributed by atoms with E-state index in [1.165, 1.54) is 18.2 Å². The summed E-state index contributed by atoms with van der Waals surface area (Å²) in [5.74, 6) is -1.55. The number of aryl methyl sites for hydroxylation is 1. The van der Waals surface area contributed by atoms with Crippen molar-refractivity contribution in [3.8, 4) is 11.3 Å². The minimum Gasteiger partial charge on any atom is -0.392 e. The average molecular weight is 437 g/mol. The van der Waals surface area contributed by atoms with Crippen molar-refractivity contribution in [1.29, 1.82) is 0 Å². The van der Waals surface area contributed by atoms with Gasteiger partial charge in [-0.15, -0.1) is 0 Å². The molecule has 0 radical (unpaired) electrons.